The molecule has 24 heavy (non-hydrogen) atoms. The van der Waals surface area contributed by atoms with E-state index >= 15 is 0 Å². The lowest BCUT2D eigenvalue weighted by Gasteiger charge is -2.10. The van der Waals surface area contributed by atoms with Gasteiger partial charge in [0.15, 0.2) is 11.7 Å². The van der Waals surface area contributed by atoms with Gasteiger partial charge in [0.05, 0.1) is 5.01 Å². The zero-order chi connectivity index (χ0) is 17.8. The van der Waals surface area contributed by atoms with Crippen LogP contribution in [-0.4, -0.2) is 44.3 Å². The Morgan fingerprint density at radius 3 is 2.71 bits per heavy atom. The van der Waals surface area contributed by atoms with Gasteiger partial charge in [-0.25, -0.2) is 4.98 Å². The number of alkyl halides is 3. The first-order chi connectivity index (χ1) is 11.5. The predicted molar refractivity (Wildman–Crippen MR) is 90.5 cm³/mol. The van der Waals surface area contributed by atoms with Crippen LogP contribution in [0.2, 0.25) is 0 Å². The van der Waals surface area contributed by atoms with Crippen molar-refractivity contribution in [3.63, 3.8) is 0 Å². The van der Waals surface area contributed by atoms with E-state index in [9.17, 15) is 13.2 Å². The van der Waals surface area contributed by atoms with Gasteiger partial charge in [-0.2, -0.15) is 13.2 Å². The van der Waals surface area contributed by atoms with Crippen molar-refractivity contribution in [1.29, 1.82) is 0 Å². The topological polar surface area (TPSA) is 58.5 Å². The lowest BCUT2D eigenvalue weighted by molar-refractivity contribution is -0.140. The Hall–Kier alpha value is -1.35. The summed E-state index contributed by atoms with van der Waals surface area (Å²) >= 11 is 1.03. The molecule has 0 bridgehead atoms. The molecule has 0 unspecified atom stereocenters. The van der Waals surface area contributed by atoms with Crippen LogP contribution >= 0.6 is 11.3 Å². The molecule has 0 saturated carbocycles. The molecule has 1 aromatic heterocycles. The zero-order valence-electron chi connectivity index (χ0n) is 14.1. The highest BCUT2D eigenvalue weighted by Crippen LogP contribution is 2.29. The van der Waals surface area contributed by atoms with E-state index in [2.05, 4.69) is 20.6 Å². The molecule has 9 heteroatoms. The van der Waals surface area contributed by atoms with Crippen molar-refractivity contribution in [2.24, 2.45) is 4.99 Å². The predicted octanol–water partition coefficient (Wildman–Crippen LogP) is 3.08. The van der Waals surface area contributed by atoms with Crippen LogP contribution in [0.5, 0.6) is 0 Å². The molecule has 0 spiro atoms. The third kappa shape index (κ3) is 8.49. The monoisotopic (exact) mass is 366 g/mol. The SMILES string of the molecule is CCNC(=NCCCCCOC)NCCc1nc(C(F)(F)F)cs1. The summed E-state index contributed by atoms with van der Waals surface area (Å²) in [5.41, 5.74) is -0.820. The second-order valence-corrected chi connectivity index (χ2v) is 6.06. The second-order valence-electron chi connectivity index (χ2n) is 5.12. The van der Waals surface area contributed by atoms with E-state index in [1.807, 2.05) is 6.92 Å². The molecule has 0 aliphatic carbocycles. The van der Waals surface area contributed by atoms with Crippen molar-refractivity contribution in [1.82, 2.24) is 15.6 Å². The largest absolute Gasteiger partial charge is 0.434 e. The highest BCUT2D eigenvalue weighted by Gasteiger charge is 2.33. The average molecular weight is 366 g/mol. The van der Waals surface area contributed by atoms with E-state index in [-0.39, 0.29) is 0 Å². The number of guanidine groups is 1. The smallest absolute Gasteiger partial charge is 0.385 e. The Kier molecular flexibility index (Phi) is 9.70. The normalized spacial score (nSPS) is 12.5. The molecule has 1 heterocycles. The number of hydrogen-bond acceptors (Lipinski definition) is 4. The van der Waals surface area contributed by atoms with Crippen molar-refractivity contribution in [3.8, 4) is 0 Å². The summed E-state index contributed by atoms with van der Waals surface area (Å²) in [6, 6.07) is 0. The van der Waals surface area contributed by atoms with Crippen LogP contribution in [0.25, 0.3) is 0 Å². The quantitative estimate of drug-likeness (QED) is 0.380. The number of unbranched alkanes of at least 4 members (excludes halogenated alkanes) is 2. The van der Waals surface area contributed by atoms with Gasteiger partial charge in [-0.1, -0.05) is 0 Å². The van der Waals surface area contributed by atoms with Gasteiger partial charge in [0.1, 0.15) is 0 Å². The number of rotatable bonds is 10. The van der Waals surface area contributed by atoms with Crippen LogP contribution in [0.4, 0.5) is 13.2 Å². The first-order valence-corrected chi connectivity index (χ1v) is 8.88. The van der Waals surface area contributed by atoms with E-state index < -0.39 is 11.9 Å². The molecular formula is C15H25F3N4OS. The van der Waals surface area contributed by atoms with Crippen molar-refractivity contribution in [2.45, 2.75) is 38.8 Å². The molecule has 2 N–H and O–H groups in total. The van der Waals surface area contributed by atoms with Crippen molar-refractivity contribution in [3.05, 3.63) is 16.1 Å². The number of halogens is 3. The number of nitrogens with one attached hydrogen (secondary N) is 2. The maximum atomic E-state index is 12.5. The van der Waals surface area contributed by atoms with Gasteiger partial charge >= 0.3 is 6.18 Å². The standard InChI is InChI=1S/C15H25F3N4OS/c1-3-19-14(20-8-5-4-6-10-23-2)21-9-7-13-22-12(11-24-13)15(16,17)18/h11H,3-10H2,1-2H3,(H2,19,20,21). The fourth-order valence-corrected chi connectivity index (χ4v) is 2.72. The van der Waals surface area contributed by atoms with Crippen LogP contribution in [0, 0.1) is 0 Å². The molecular weight excluding hydrogens is 341 g/mol. The number of nitrogens with zero attached hydrogens (tertiary/aromatic N) is 2. The molecule has 138 valence electrons. The second kappa shape index (κ2) is 11.2. The third-order valence-corrected chi connectivity index (χ3v) is 4.00. The van der Waals surface area contributed by atoms with Gasteiger partial charge in [0.25, 0.3) is 0 Å². The highest BCUT2D eigenvalue weighted by atomic mass is 32.1. The summed E-state index contributed by atoms with van der Waals surface area (Å²) in [6.45, 7) is 4.64. The molecule has 0 aromatic carbocycles. The Morgan fingerprint density at radius 1 is 1.29 bits per heavy atom. The lowest BCUT2D eigenvalue weighted by atomic mass is 10.2. The van der Waals surface area contributed by atoms with Crippen molar-refractivity contribution < 1.29 is 17.9 Å². The molecule has 1 aromatic rings. The molecule has 1 rings (SSSR count). The van der Waals surface area contributed by atoms with E-state index in [1.165, 1.54) is 0 Å². The minimum Gasteiger partial charge on any atom is -0.385 e. The number of thiazole rings is 1. The van der Waals surface area contributed by atoms with Gasteiger partial charge in [-0.05, 0) is 26.2 Å². The Bertz CT molecular complexity index is 491. The summed E-state index contributed by atoms with van der Waals surface area (Å²) in [6.07, 6.45) is -0.903. The highest BCUT2D eigenvalue weighted by molar-refractivity contribution is 7.09. The molecule has 5 nitrogen and oxygen atoms in total. The number of aliphatic imine (C=N–C) groups is 1. The van der Waals surface area contributed by atoms with Gasteiger partial charge in [-0.15, -0.1) is 11.3 Å². The van der Waals surface area contributed by atoms with Gasteiger partial charge < -0.3 is 15.4 Å². The first-order valence-electron chi connectivity index (χ1n) is 8.00. The molecule has 0 saturated heterocycles. The molecule has 0 amide bonds. The van der Waals surface area contributed by atoms with Gasteiger partial charge in [0.2, 0.25) is 0 Å². The minimum atomic E-state index is -4.37. The van der Waals surface area contributed by atoms with Gasteiger partial charge in [0, 0.05) is 45.2 Å². The molecule has 0 aliphatic heterocycles. The maximum Gasteiger partial charge on any atom is 0.434 e. The van der Waals surface area contributed by atoms with Crippen LogP contribution in [-0.2, 0) is 17.3 Å². The summed E-state index contributed by atoms with van der Waals surface area (Å²) < 4.78 is 42.5. The molecule has 0 radical (unpaired) electrons. The maximum absolute atomic E-state index is 12.5. The van der Waals surface area contributed by atoms with Gasteiger partial charge in [-0.3, -0.25) is 4.99 Å². The fraction of sp³-hybridized carbons (Fsp3) is 0.733. The van der Waals surface area contributed by atoms with E-state index in [4.69, 9.17) is 4.74 Å². The van der Waals surface area contributed by atoms with E-state index in [0.29, 0.717) is 30.5 Å². The molecule has 0 fully saturated rings. The number of hydrogen-bond donors (Lipinski definition) is 2. The molecule has 0 aliphatic rings. The van der Waals surface area contributed by atoms with Crippen LogP contribution < -0.4 is 10.6 Å². The van der Waals surface area contributed by atoms with Crippen molar-refractivity contribution in [2.75, 3.05) is 33.4 Å². The first kappa shape index (κ1) is 20.7. The Balaban J connectivity index is 2.33. The zero-order valence-corrected chi connectivity index (χ0v) is 14.9. The summed E-state index contributed by atoms with van der Waals surface area (Å²) in [7, 11) is 1.69. The van der Waals surface area contributed by atoms with Crippen LogP contribution in [0.15, 0.2) is 10.4 Å². The van der Waals surface area contributed by atoms with E-state index in [0.717, 1.165) is 49.1 Å². The average Bonchev–Trinajstić information content (AvgIpc) is 3.00. The van der Waals surface area contributed by atoms with Crippen molar-refractivity contribution >= 4 is 17.3 Å². The van der Waals surface area contributed by atoms with E-state index in [1.54, 1.807) is 7.11 Å². The van der Waals surface area contributed by atoms with Crippen LogP contribution in [0.3, 0.4) is 0 Å². The summed E-state index contributed by atoms with van der Waals surface area (Å²) in [4.78, 5) is 8.05. The number of ether oxygens (including phenoxy) is 1. The third-order valence-electron chi connectivity index (χ3n) is 3.09. The Labute approximate surface area is 144 Å². The molecule has 0 atom stereocenters. The number of aromatic nitrogens is 1. The minimum absolute atomic E-state index is 0.430. The summed E-state index contributed by atoms with van der Waals surface area (Å²) in [5.74, 6) is 0.678. The Morgan fingerprint density at radius 2 is 2.08 bits per heavy atom. The lowest BCUT2D eigenvalue weighted by Crippen LogP contribution is -2.38. The number of methoxy groups -OCH3 is 1. The summed E-state index contributed by atoms with van der Waals surface area (Å²) in [5, 5.41) is 7.75. The van der Waals surface area contributed by atoms with Crippen LogP contribution in [0.1, 0.15) is 36.9 Å². The fourth-order valence-electron chi connectivity index (χ4n) is 1.91.